The SMILES string of the molecule is Cc1cc(-n2c(C3CCOCC3)c([C@H]3CC4(C[C@H](C(=O)O)C4)C3)c3cc4[nH]ncc4cc32)ccc1F. The van der Waals surface area contributed by atoms with Crippen molar-refractivity contribution in [1.29, 1.82) is 0 Å². The molecule has 4 aromatic rings. The zero-order valence-corrected chi connectivity index (χ0v) is 20.4. The van der Waals surface area contributed by atoms with Gasteiger partial charge in [-0.15, -0.1) is 0 Å². The minimum absolute atomic E-state index is 0.180. The summed E-state index contributed by atoms with van der Waals surface area (Å²) in [5.41, 5.74) is 6.66. The van der Waals surface area contributed by atoms with Crippen LogP contribution in [-0.2, 0) is 9.53 Å². The van der Waals surface area contributed by atoms with Crippen molar-refractivity contribution in [2.45, 2.75) is 57.3 Å². The van der Waals surface area contributed by atoms with Crippen molar-refractivity contribution < 1.29 is 19.0 Å². The second-order valence-corrected chi connectivity index (χ2v) is 11.3. The molecule has 2 aromatic carbocycles. The number of H-pyrrole nitrogens is 1. The third-order valence-electron chi connectivity index (χ3n) is 9.09. The Labute approximate surface area is 208 Å². The van der Waals surface area contributed by atoms with Crippen molar-refractivity contribution in [3.05, 3.63) is 59.2 Å². The smallest absolute Gasteiger partial charge is 0.306 e. The number of carboxylic acids is 1. The van der Waals surface area contributed by atoms with E-state index in [2.05, 4.69) is 26.9 Å². The Morgan fingerprint density at radius 1 is 1.14 bits per heavy atom. The van der Waals surface area contributed by atoms with Crippen molar-refractivity contribution >= 4 is 27.8 Å². The van der Waals surface area contributed by atoms with Gasteiger partial charge in [0.05, 0.1) is 23.1 Å². The van der Waals surface area contributed by atoms with Gasteiger partial charge < -0.3 is 14.4 Å². The number of carbonyl (C=O) groups is 1. The molecule has 6 nitrogen and oxygen atoms in total. The van der Waals surface area contributed by atoms with Crippen LogP contribution in [0.3, 0.4) is 0 Å². The van der Waals surface area contributed by atoms with Crippen molar-refractivity contribution in [2.24, 2.45) is 11.3 Å². The van der Waals surface area contributed by atoms with Gasteiger partial charge in [0.1, 0.15) is 5.82 Å². The summed E-state index contributed by atoms with van der Waals surface area (Å²) in [6, 6.07) is 9.84. The van der Waals surface area contributed by atoms with E-state index in [9.17, 15) is 14.3 Å². The molecule has 7 rings (SSSR count). The number of aliphatic carboxylic acids is 1. The Morgan fingerprint density at radius 3 is 2.64 bits per heavy atom. The average molecular weight is 488 g/mol. The van der Waals surface area contributed by atoms with Crippen molar-refractivity contribution in [3.63, 3.8) is 0 Å². The average Bonchev–Trinajstić information content (AvgIpc) is 3.40. The van der Waals surface area contributed by atoms with E-state index >= 15 is 0 Å². The molecule has 2 saturated carbocycles. The second-order valence-electron chi connectivity index (χ2n) is 11.3. The van der Waals surface area contributed by atoms with E-state index in [4.69, 9.17) is 4.74 Å². The van der Waals surface area contributed by atoms with Gasteiger partial charge in [-0.25, -0.2) is 4.39 Å². The maximum Gasteiger partial charge on any atom is 0.306 e. The van der Waals surface area contributed by atoms with E-state index in [-0.39, 0.29) is 17.2 Å². The molecule has 0 amide bonds. The minimum atomic E-state index is -0.656. The number of aromatic nitrogens is 3. The molecule has 3 fully saturated rings. The van der Waals surface area contributed by atoms with E-state index in [1.165, 1.54) is 16.6 Å². The lowest BCUT2D eigenvalue weighted by molar-refractivity contribution is -0.155. The third-order valence-corrected chi connectivity index (χ3v) is 9.09. The lowest BCUT2D eigenvalue weighted by Crippen LogP contribution is -2.49. The Balaban J connectivity index is 1.43. The summed E-state index contributed by atoms with van der Waals surface area (Å²) in [5, 5.41) is 19.1. The first-order valence-electron chi connectivity index (χ1n) is 13.0. The number of fused-ring (bicyclic) bond motifs is 2. The molecule has 0 unspecified atom stereocenters. The summed E-state index contributed by atoms with van der Waals surface area (Å²) in [4.78, 5) is 11.5. The number of benzene rings is 2. The maximum atomic E-state index is 14.3. The Kier molecular flexibility index (Phi) is 4.84. The quantitative estimate of drug-likeness (QED) is 0.359. The molecule has 3 heterocycles. The highest BCUT2D eigenvalue weighted by Gasteiger charge is 2.56. The summed E-state index contributed by atoms with van der Waals surface area (Å²) < 4.78 is 22.4. The number of carboxylic acid groups (broad SMARTS) is 1. The first-order chi connectivity index (χ1) is 17.4. The van der Waals surface area contributed by atoms with Crippen LogP contribution in [0, 0.1) is 24.1 Å². The molecule has 1 saturated heterocycles. The monoisotopic (exact) mass is 487 g/mol. The first kappa shape index (κ1) is 22.0. The summed E-state index contributed by atoms with van der Waals surface area (Å²) in [6.07, 6.45) is 7.45. The molecule has 1 aliphatic heterocycles. The molecule has 0 atom stereocenters. The third kappa shape index (κ3) is 3.25. The van der Waals surface area contributed by atoms with Crippen LogP contribution >= 0.6 is 0 Å². The van der Waals surface area contributed by atoms with Crippen LogP contribution in [0.15, 0.2) is 36.5 Å². The zero-order valence-electron chi connectivity index (χ0n) is 20.4. The molecule has 1 spiro atoms. The normalized spacial score (nSPS) is 26.4. The number of aryl methyl sites for hydroxylation is 1. The van der Waals surface area contributed by atoms with Gasteiger partial charge in [-0.05, 0) is 98.2 Å². The maximum absolute atomic E-state index is 14.3. The summed E-state index contributed by atoms with van der Waals surface area (Å²) >= 11 is 0. The van der Waals surface area contributed by atoms with Crippen molar-refractivity contribution in [3.8, 4) is 5.69 Å². The molecule has 36 heavy (non-hydrogen) atoms. The van der Waals surface area contributed by atoms with Gasteiger partial charge in [0, 0.05) is 41.3 Å². The molecule has 2 aliphatic carbocycles. The molecule has 7 heteroatoms. The summed E-state index contributed by atoms with van der Waals surface area (Å²) in [5.74, 6) is -0.291. The van der Waals surface area contributed by atoms with Crippen LogP contribution in [-0.4, -0.2) is 39.1 Å². The standard InChI is InChI=1S/C29H30FN3O3/c1-16-8-21(2-3-23(16)30)33-25-9-18-15-31-32-24(18)10-22(25)26(27(33)17-4-6-36-7-5-17)19-11-29(12-19)13-20(14-29)28(34)35/h2-3,8-10,15,17,19-20H,4-7,11-14H2,1H3,(H,31,32)(H,34,35)/t19-,20-,29?. The molecule has 2 N–H and O–H groups in total. The highest BCUT2D eigenvalue weighted by Crippen LogP contribution is 2.65. The van der Waals surface area contributed by atoms with Gasteiger partial charge in [0.2, 0.25) is 0 Å². The summed E-state index contributed by atoms with van der Waals surface area (Å²) in [7, 11) is 0. The molecule has 3 aliphatic rings. The molecule has 186 valence electrons. The Bertz CT molecular complexity index is 1500. The fourth-order valence-corrected chi connectivity index (χ4v) is 7.30. The van der Waals surface area contributed by atoms with E-state index in [0.717, 1.165) is 73.8 Å². The number of hydrogen-bond donors (Lipinski definition) is 2. The highest BCUT2D eigenvalue weighted by molar-refractivity contribution is 5.99. The lowest BCUT2D eigenvalue weighted by atomic mass is 9.47. The van der Waals surface area contributed by atoms with Crippen molar-refractivity contribution in [1.82, 2.24) is 14.8 Å². The van der Waals surface area contributed by atoms with Gasteiger partial charge >= 0.3 is 5.97 Å². The fourth-order valence-electron chi connectivity index (χ4n) is 7.30. The molecule has 2 aromatic heterocycles. The van der Waals surface area contributed by atoms with Crippen LogP contribution in [0.1, 0.15) is 67.2 Å². The molecule has 0 radical (unpaired) electrons. The zero-order chi connectivity index (χ0) is 24.6. The number of nitrogens with one attached hydrogen (secondary N) is 1. The number of aromatic amines is 1. The largest absolute Gasteiger partial charge is 0.481 e. The Hall–Kier alpha value is -3.19. The summed E-state index contributed by atoms with van der Waals surface area (Å²) in [6.45, 7) is 3.31. The van der Waals surface area contributed by atoms with Crippen LogP contribution in [0.25, 0.3) is 27.5 Å². The number of hydrogen-bond acceptors (Lipinski definition) is 3. The molecular weight excluding hydrogens is 457 g/mol. The predicted octanol–water partition coefficient (Wildman–Crippen LogP) is 6.21. The molecule has 0 bridgehead atoms. The van der Waals surface area contributed by atoms with Gasteiger partial charge in [-0.1, -0.05) is 0 Å². The van der Waals surface area contributed by atoms with E-state index < -0.39 is 5.97 Å². The van der Waals surface area contributed by atoms with Crippen molar-refractivity contribution in [2.75, 3.05) is 13.2 Å². The number of nitrogens with zero attached hydrogens (tertiary/aromatic N) is 2. The lowest BCUT2D eigenvalue weighted by Gasteiger charge is -2.57. The fraction of sp³-hybridized carbons (Fsp3) is 0.448. The van der Waals surface area contributed by atoms with Crippen LogP contribution in [0.2, 0.25) is 0 Å². The number of halogens is 1. The van der Waals surface area contributed by atoms with Crippen LogP contribution in [0.4, 0.5) is 4.39 Å². The van der Waals surface area contributed by atoms with E-state index in [0.29, 0.717) is 17.4 Å². The van der Waals surface area contributed by atoms with Gasteiger partial charge in [-0.2, -0.15) is 5.10 Å². The topological polar surface area (TPSA) is 80.1 Å². The first-order valence-corrected chi connectivity index (χ1v) is 13.0. The second kappa shape index (κ2) is 7.90. The van der Waals surface area contributed by atoms with Crippen LogP contribution < -0.4 is 0 Å². The van der Waals surface area contributed by atoms with Gasteiger partial charge in [-0.3, -0.25) is 9.89 Å². The van der Waals surface area contributed by atoms with E-state index in [1.54, 1.807) is 6.07 Å². The molecular formula is C29H30FN3O3. The number of rotatable bonds is 4. The minimum Gasteiger partial charge on any atom is -0.481 e. The highest BCUT2D eigenvalue weighted by atomic mass is 19.1. The van der Waals surface area contributed by atoms with Gasteiger partial charge in [0.15, 0.2) is 0 Å². The van der Waals surface area contributed by atoms with E-state index in [1.807, 2.05) is 25.3 Å². The van der Waals surface area contributed by atoms with Crippen LogP contribution in [0.5, 0.6) is 0 Å². The number of ether oxygens (including phenoxy) is 1. The Morgan fingerprint density at radius 2 is 1.92 bits per heavy atom. The predicted molar refractivity (Wildman–Crippen MR) is 135 cm³/mol. The van der Waals surface area contributed by atoms with Gasteiger partial charge in [0.25, 0.3) is 0 Å².